The van der Waals surface area contributed by atoms with Crippen molar-refractivity contribution < 1.29 is 13.6 Å². The Bertz CT molecular complexity index is 1630. The van der Waals surface area contributed by atoms with Crippen LogP contribution in [-0.4, -0.2) is 10.5 Å². The predicted molar refractivity (Wildman–Crippen MR) is 130 cm³/mol. The van der Waals surface area contributed by atoms with Crippen molar-refractivity contribution in [3.8, 4) is 0 Å². The lowest BCUT2D eigenvalue weighted by Crippen LogP contribution is -2.40. The number of aryl methyl sites for hydroxylation is 3. The summed E-state index contributed by atoms with van der Waals surface area (Å²) in [7, 11) is 0. The van der Waals surface area contributed by atoms with E-state index in [-0.39, 0.29) is 11.5 Å². The van der Waals surface area contributed by atoms with Gasteiger partial charge in [-0.1, -0.05) is 29.5 Å². The van der Waals surface area contributed by atoms with Gasteiger partial charge in [0.15, 0.2) is 4.80 Å². The van der Waals surface area contributed by atoms with Crippen LogP contribution in [0.3, 0.4) is 0 Å². The van der Waals surface area contributed by atoms with Crippen LogP contribution in [-0.2, 0) is 4.79 Å². The van der Waals surface area contributed by atoms with Gasteiger partial charge in [0.05, 0.1) is 15.8 Å². The maximum atomic E-state index is 13.5. The van der Waals surface area contributed by atoms with Crippen LogP contribution in [0.5, 0.6) is 0 Å². The molecule has 5 rings (SSSR count). The van der Waals surface area contributed by atoms with Gasteiger partial charge in [-0.05, 0) is 63.6 Å². The van der Waals surface area contributed by atoms with E-state index in [4.69, 9.17) is 8.83 Å². The number of anilines is 1. The molecule has 4 heterocycles. The Hall–Kier alpha value is -3.91. The molecule has 3 aromatic heterocycles. The maximum absolute atomic E-state index is 13.5. The van der Waals surface area contributed by atoms with Crippen LogP contribution in [0.4, 0.5) is 5.69 Å². The van der Waals surface area contributed by atoms with Crippen molar-refractivity contribution >= 4 is 29.0 Å². The molecular formula is C26H23N3O4S. The van der Waals surface area contributed by atoms with Gasteiger partial charge in [-0.15, -0.1) is 0 Å². The van der Waals surface area contributed by atoms with Crippen LogP contribution in [0.25, 0.3) is 6.08 Å². The van der Waals surface area contributed by atoms with Gasteiger partial charge in [-0.2, -0.15) is 0 Å². The molecule has 0 fully saturated rings. The zero-order chi connectivity index (χ0) is 24.0. The highest BCUT2D eigenvalue weighted by atomic mass is 32.1. The topological polar surface area (TPSA) is 89.7 Å². The molecule has 34 heavy (non-hydrogen) atoms. The summed E-state index contributed by atoms with van der Waals surface area (Å²) in [5.74, 6) is 2.21. The van der Waals surface area contributed by atoms with Crippen molar-refractivity contribution in [1.29, 1.82) is 0 Å². The van der Waals surface area contributed by atoms with Gasteiger partial charge in [0.2, 0.25) is 0 Å². The van der Waals surface area contributed by atoms with Crippen LogP contribution in [0.1, 0.15) is 41.6 Å². The third-order valence-electron chi connectivity index (χ3n) is 5.72. The zero-order valence-electron chi connectivity index (χ0n) is 19.2. The molecule has 7 nitrogen and oxygen atoms in total. The molecular weight excluding hydrogens is 450 g/mol. The number of nitrogens with zero attached hydrogens (tertiary/aromatic N) is 2. The van der Waals surface area contributed by atoms with Crippen molar-refractivity contribution in [2.45, 2.75) is 33.7 Å². The molecule has 4 aromatic rings. The van der Waals surface area contributed by atoms with E-state index in [1.807, 2.05) is 63.2 Å². The number of benzene rings is 1. The summed E-state index contributed by atoms with van der Waals surface area (Å²) < 4.78 is 13.6. The second kappa shape index (κ2) is 8.46. The smallest absolute Gasteiger partial charge is 0.271 e. The number of hydrogen-bond donors (Lipinski definition) is 1. The first-order valence-electron chi connectivity index (χ1n) is 10.8. The van der Waals surface area contributed by atoms with E-state index in [2.05, 4.69) is 10.3 Å². The number of allylic oxidation sites excluding steroid dienone is 1. The molecule has 0 bridgehead atoms. The number of aromatic nitrogens is 1. The predicted octanol–water partition coefficient (Wildman–Crippen LogP) is 3.99. The minimum Gasteiger partial charge on any atom is -0.464 e. The molecule has 0 aliphatic carbocycles. The van der Waals surface area contributed by atoms with Crippen LogP contribution < -0.4 is 20.2 Å². The van der Waals surface area contributed by atoms with E-state index in [9.17, 15) is 9.59 Å². The Balaban J connectivity index is 1.67. The SMILES string of the molecule is CC1=C(C(=O)Nc2ccccc2C)[C@H](c2ccc(C)o2)n2c(s/c(=C/c3ccc(C)o3)c2=O)=N1. The highest BCUT2D eigenvalue weighted by molar-refractivity contribution is 7.07. The lowest BCUT2D eigenvalue weighted by Gasteiger charge is -2.23. The number of furan rings is 2. The Kier molecular flexibility index (Phi) is 5.45. The third-order valence-corrected chi connectivity index (χ3v) is 6.71. The minimum absolute atomic E-state index is 0.259. The van der Waals surface area contributed by atoms with E-state index in [1.54, 1.807) is 19.1 Å². The van der Waals surface area contributed by atoms with Gasteiger partial charge in [0.1, 0.15) is 29.1 Å². The molecule has 0 spiro atoms. The number of rotatable bonds is 4. The molecule has 1 amide bonds. The fourth-order valence-corrected chi connectivity index (χ4v) is 5.07. The molecule has 1 atom stereocenters. The average Bonchev–Trinajstić information content (AvgIpc) is 3.48. The van der Waals surface area contributed by atoms with Crippen molar-refractivity contribution in [2.75, 3.05) is 5.32 Å². The summed E-state index contributed by atoms with van der Waals surface area (Å²) in [6.45, 7) is 7.38. The molecule has 172 valence electrons. The van der Waals surface area contributed by atoms with Gasteiger partial charge in [-0.25, -0.2) is 4.99 Å². The van der Waals surface area contributed by atoms with E-state index < -0.39 is 6.04 Å². The highest BCUT2D eigenvalue weighted by Gasteiger charge is 2.34. The van der Waals surface area contributed by atoms with E-state index in [1.165, 1.54) is 15.9 Å². The lowest BCUT2D eigenvalue weighted by atomic mass is 10.00. The third kappa shape index (κ3) is 3.86. The van der Waals surface area contributed by atoms with Crippen molar-refractivity contribution in [1.82, 2.24) is 4.57 Å². The molecule has 0 saturated carbocycles. The monoisotopic (exact) mass is 473 g/mol. The molecule has 0 saturated heterocycles. The summed E-state index contributed by atoms with van der Waals surface area (Å²) >= 11 is 1.26. The summed E-state index contributed by atoms with van der Waals surface area (Å²) in [6.07, 6.45) is 1.70. The first-order valence-corrected chi connectivity index (χ1v) is 11.7. The average molecular weight is 474 g/mol. The Morgan fingerprint density at radius 1 is 1.03 bits per heavy atom. The molecule has 0 unspecified atom stereocenters. The number of carbonyl (C=O) groups excluding carboxylic acids is 1. The molecule has 8 heteroatoms. The Labute approximate surface area is 199 Å². The van der Waals surface area contributed by atoms with Crippen LogP contribution in [0.15, 0.2) is 78.4 Å². The second-order valence-corrected chi connectivity index (χ2v) is 9.26. The summed E-state index contributed by atoms with van der Waals surface area (Å²) in [6, 6.07) is 14.1. The minimum atomic E-state index is -0.741. The van der Waals surface area contributed by atoms with E-state index >= 15 is 0 Å². The Morgan fingerprint density at radius 2 is 1.76 bits per heavy atom. The molecule has 1 N–H and O–H groups in total. The first-order chi connectivity index (χ1) is 16.3. The van der Waals surface area contributed by atoms with Gasteiger partial charge < -0.3 is 14.2 Å². The number of hydrogen-bond acceptors (Lipinski definition) is 6. The fraction of sp³-hybridized carbons (Fsp3) is 0.192. The number of para-hydroxylation sites is 1. The number of carbonyl (C=O) groups is 1. The largest absolute Gasteiger partial charge is 0.464 e. The van der Waals surface area contributed by atoms with Gasteiger partial charge >= 0.3 is 0 Å². The van der Waals surface area contributed by atoms with Gasteiger partial charge in [0, 0.05) is 11.8 Å². The van der Waals surface area contributed by atoms with E-state index in [0.717, 1.165) is 11.3 Å². The van der Waals surface area contributed by atoms with Gasteiger partial charge in [-0.3, -0.25) is 14.2 Å². The number of nitrogens with one attached hydrogen (secondary N) is 1. The first kappa shape index (κ1) is 21.9. The highest BCUT2D eigenvalue weighted by Crippen LogP contribution is 2.32. The van der Waals surface area contributed by atoms with Crippen molar-refractivity contribution in [2.24, 2.45) is 4.99 Å². The normalized spacial score (nSPS) is 15.9. The fourth-order valence-electron chi connectivity index (χ4n) is 4.04. The van der Waals surface area contributed by atoms with Gasteiger partial charge in [0.25, 0.3) is 11.5 Å². The van der Waals surface area contributed by atoms with Crippen molar-refractivity contribution in [3.63, 3.8) is 0 Å². The van der Waals surface area contributed by atoms with Crippen LogP contribution in [0.2, 0.25) is 0 Å². The number of fused-ring (bicyclic) bond motifs is 1. The Morgan fingerprint density at radius 3 is 2.44 bits per heavy atom. The second-order valence-electron chi connectivity index (χ2n) is 8.25. The van der Waals surface area contributed by atoms with Crippen LogP contribution in [0, 0.1) is 20.8 Å². The maximum Gasteiger partial charge on any atom is 0.271 e. The quantitative estimate of drug-likeness (QED) is 0.485. The summed E-state index contributed by atoms with van der Waals surface area (Å²) in [4.78, 5) is 32.2. The van der Waals surface area contributed by atoms with E-state index in [0.29, 0.717) is 43.6 Å². The standard InChI is InChI=1S/C26H23N3O4S/c1-14-7-5-6-8-19(14)28-24(30)22-17(4)27-26-29(23(22)20-12-10-16(3)33-20)25(31)21(34-26)13-18-11-9-15(2)32-18/h5-13,23H,1-4H3,(H,28,30)/b21-13+/t23-/m0/s1. The summed E-state index contributed by atoms with van der Waals surface area (Å²) in [5, 5.41) is 2.98. The lowest BCUT2D eigenvalue weighted by molar-refractivity contribution is -0.113. The van der Waals surface area contributed by atoms with Crippen molar-refractivity contribution in [3.05, 3.63) is 108 Å². The number of thiazole rings is 1. The molecule has 1 aromatic carbocycles. The van der Waals surface area contributed by atoms with Crippen LogP contribution >= 0.6 is 11.3 Å². The number of amides is 1. The summed E-state index contributed by atoms with van der Waals surface area (Å²) in [5.41, 5.74) is 2.28. The molecule has 0 radical (unpaired) electrons. The molecule has 1 aliphatic rings. The molecule has 1 aliphatic heterocycles. The zero-order valence-corrected chi connectivity index (χ0v) is 20.0.